The largest absolute Gasteiger partial charge is 0.454 e. The van der Waals surface area contributed by atoms with E-state index in [2.05, 4.69) is 6.07 Å². The molecule has 78 valence electrons. The zero-order valence-corrected chi connectivity index (χ0v) is 8.91. The van der Waals surface area contributed by atoms with Crippen molar-refractivity contribution in [1.29, 1.82) is 5.26 Å². The minimum absolute atomic E-state index is 0.0560. The summed E-state index contributed by atoms with van der Waals surface area (Å²) in [7, 11) is 0. The van der Waals surface area contributed by atoms with Crippen LogP contribution in [0.5, 0.6) is 11.5 Å². The first-order chi connectivity index (χ1) is 7.26. The van der Waals surface area contributed by atoms with Crippen molar-refractivity contribution in [2.45, 2.75) is 26.2 Å². The molecule has 3 nitrogen and oxygen atoms in total. The first kappa shape index (κ1) is 9.85. The summed E-state index contributed by atoms with van der Waals surface area (Å²) in [5.41, 5.74) is 2.14. The summed E-state index contributed by atoms with van der Waals surface area (Å²) in [6, 6.07) is 6.17. The van der Waals surface area contributed by atoms with E-state index in [0.717, 1.165) is 29.0 Å². The second-order valence-corrected chi connectivity index (χ2v) is 3.65. The van der Waals surface area contributed by atoms with Gasteiger partial charge in [0.1, 0.15) is 0 Å². The zero-order valence-electron chi connectivity index (χ0n) is 8.91. The molecule has 1 heterocycles. The Kier molecular flexibility index (Phi) is 2.51. The molecule has 1 aromatic rings. The summed E-state index contributed by atoms with van der Waals surface area (Å²) in [4.78, 5) is 0. The maximum Gasteiger partial charge on any atom is 0.231 e. The highest BCUT2D eigenvalue weighted by Gasteiger charge is 2.19. The van der Waals surface area contributed by atoms with Crippen LogP contribution < -0.4 is 9.47 Å². The van der Waals surface area contributed by atoms with Gasteiger partial charge in [0.2, 0.25) is 6.79 Å². The molecule has 1 atom stereocenters. The van der Waals surface area contributed by atoms with E-state index in [1.165, 1.54) is 0 Å². The normalized spacial score (nSPS) is 14.7. The zero-order chi connectivity index (χ0) is 10.8. The lowest BCUT2D eigenvalue weighted by Gasteiger charge is -2.11. The molecule has 1 unspecified atom stereocenters. The number of hydrogen-bond donors (Lipinski definition) is 0. The molecular weight excluding hydrogens is 190 g/mol. The number of ether oxygens (including phenoxy) is 2. The van der Waals surface area contributed by atoms with E-state index >= 15 is 0 Å². The SMILES string of the molecule is CCC(C#N)c1cc2c(cc1C)OCO2. The van der Waals surface area contributed by atoms with E-state index in [-0.39, 0.29) is 12.7 Å². The van der Waals surface area contributed by atoms with E-state index in [9.17, 15) is 0 Å². The fourth-order valence-corrected chi connectivity index (χ4v) is 1.82. The van der Waals surface area contributed by atoms with Crippen molar-refractivity contribution in [2.75, 3.05) is 6.79 Å². The number of benzene rings is 1. The predicted octanol–water partition coefficient (Wildman–Crippen LogP) is 2.74. The van der Waals surface area contributed by atoms with Crippen LogP contribution in [-0.2, 0) is 0 Å². The van der Waals surface area contributed by atoms with Gasteiger partial charge >= 0.3 is 0 Å². The molecule has 1 aliphatic rings. The Bertz CT molecular complexity index is 420. The van der Waals surface area contributed by atoms with E-state index in [1.54, 1.807) is 0 Å². The Hall–Kier alpha value is -1.69. The van der Waals surface area contributed by atoms with Crippen molar-refractivity contribution in [1.82, 2.24) is 0 Å². The molecule has 0 aliphatic carbocycles. The van der Waals surface area contributed by atoms with Gasteiger partial charge in [0.25, 0.3) is 0 Å². The second kappa shape index (κ2) is 3.82. The number of fused-ring (bicyclic) bond motifs is 1. The van der Waals surface area contributed by atoms with Crippen molar-refractivity contribution in [3.63, 3.8) is 0 Å². The van der Waals surface area contributed by atoms with Crippen LogP contribution in [0.2, 0.25) is 0 Å². The van der Waals surface area contributed by atoms with Gasteiger partial charge in [0.15, 0.2) is 11.5 Å². The average molecular weight is 203 g/mol. The molecule has 0 saturated heterocycles. The molecule has 3 heteroatoms. The van der Waals surface area contributed by atoms with Crippen LogP contribution in [0.1, 0.15) is 30.4 Å². The van der Waals surface area contributed by atoms with Crippen molar-refractivity contribution >= 4 is 0 Å². The second-order valence-electron chi connectivity index (χ2n) is 3.65. The maximum atomic E-state index is 9.03. The lowest BCUT2D eigenvalue weighted by molar-refractivity contribution is 0.174. The predicted molar refractivity (Wildman–Crippen MR) is 55.9 cm³/mol. The van der Waals surface area contributed by atoms with Gasteiger partial charge in [-0.15, -0.1) is 0 Å². The standard InChI is InChI=1S/C12H13NO2/c1-3-9(6-13)10-5-12-11(4-8(10)2)14-7-15-12/h4-5,9H,3,7H2,1-2H3. The molecule has 15 heavy (non-hydrogen) atoms. The lowest BCUT2D eigenvalue weighted by Crippen LogP contribution is -1.97. The Balaban J connectivity index is 2.45. The molecule has 0 amide bonds. The van der Waals surface area contributed by atoms with Crippen LogP contribution in [0.15, 0.2) is 12.1 Å². The average Bonchev–Trinajstić information content (AvgIpc) is 2.67. The molecule has 0 fully saturated rings. The third-order valence-electron chi connectivity index (χ3n) is 2.70. The fourth-order valence-electron chi connectivity index (χ4n) is 1.82. The van der Waals surface area contributed by atoms with Crippen LogP contribution in [0.3, 0.4) is 0 Å². The van der Waals surface area contributed by atoms with Crippen LogP contribution in [0, 0.1) is 18.3 Å². The number of hydrogen-bond acceptors (Lipinski definition) is 3. The number of aryl methyl sites for hydroxylation is 1. The monoisotopic (exact) mass is 203 g/mol. The summed E-state index contributed by atoms with van der Waals surface area (Å²) < 4.78 is 10.6. The van der Waals surface area contributed by atoms with Crippen molar-refractivity contribution in [3.05, 3.63) is 23.3 Å². The van der Waals surface area contributed by atoms with Crippen LogP contribution in [0.25, 0.3) is 0 Å². The molecular formula is C12H13NO2. The van der Waals surface area contributed by atoms with Crippen molar-refractivity contribution in [3.8, 4) is 17.6 Å². The Morgan fingerprint density at radius 2 is 2.07 bits per heavy atom. The van der Waals surface area contributed by atoms with Gasteiger partial charge in [-0.3, -0.25) is 0 Å². The molecule has 0 N–H and O–H groups in total. The summed E-state index contributed by atoms with van der Waals surface area (Å²) >= 11 is 0. The summed E-state index contributed by atoms with van der Waals surface area (Å²) in [5.74, 6) is 1.48. The molecule has 2 rings (SSSR count). The van der Waals surface area contributed by atoms with E-state index in [1.807, 2.05) is 26.0 Å². The number of nitriles is 1. The van der Waals surface area contributed by atoms with Gasteiger partial charge < -0.3 is 9.47 Å². The fraction of sp³-hybridized carbons (Fsp3) is 0.417. The van der Waals surface area contributed by atoms with E-state index < -0.39 is 0 Å². The van der Waals surface area contributed by atoms with Gasteiger partial charge in [-0.1, -0.05) is 6.92 Å². The Morgan fingerprint density at radius 3 is 2.67 bits per heavy atom. The topological polar surface area (TPSA) is 42.2 Å². The highest BCUT2D eigenvalue weighted by molar-refractivity contribution is 5.50. The highest BCUT2D eigenvalue weighted by atomic mass is 16.7. The van der Waals surface area contributed by atoms with Crippen LogP contribution in [-0.4, -0.2) is 6.79 Å². The molecule has 0 radical (unpaired) electrons. The number of rotatable bonds is 2. The number of nitrogens with zero attached hydrogens (tertiary/aromatic N) is 1. The maximum absolute atomic E-state index is 9.03. The van der Waals surface area contributed by atoms with Gasteiger partial charge in [0, 0.05) is 0 Å². The molecule has 0 aromatic heterocycles. The van der Waals surface area contributed by atoms with E-state index in [4.69, 9.17) is 14.7 Å². The van der Waals surface area contributed by atoms with Crippen molar-refractivity contribution in [2.24, 2.45) is 0 Å². The summed E-state index contributed by atoms with van der Waals surface area (Å²) in [6.45, 7) is 4.29. The van der Waals surface area contributed by atoms with Gasteiger partial charge in [-0.25, -0.2) is 0 Å². The summed E-state index contributed by atoms with van der Waals surface area (Å²) in [5, 5.41) is 9.03. The van der Waals surface area contributed by atoms with Gasteiger partial charge in [-0.05, 0) is 36.6 Å². The van der Waals surface area contributed by atoms with Crippen LogP contribution in [0.4, 0.5) is 0 Å². The molecule has 0 spiro atoms. The highest BCUT2D eigenvalue weighted by Crippen LogP contribution is 2.37. The smallest absolute Gasteiger partial charge is 0.231 e. The van der Waals surface area contributed by atoms with Crippen molar-refractivity contribution < 1.29 is 9.47 Å². The first-order valence-corrected chi connectivity index (χ1v) is 5.06. The van der Waals surface area contributed by atoms with Gasteiger partial charge in [-0.2, -0.15) is 5.26 Å². The molecule has 1 aromatic carbocycles. The van der Waals surface area contributed by atoms with E-state index in [0.29, 0.717) is 0 Å². The molecule has 0 saturated carbocycles. The Morgan fingerprint density at radius 1 is 1.40 bits per heavy atom. The molecule has 0 bridgehead atoms. The molecule has 1 aliphatic heterocycles. The third kappa shape index (κ3) is 1.63. The minimum Gasteiger partial charge on any atom is -0.454 e. The summed E-state index contributed by atoms with van der Waals surface area (Å²) in [6.07, 6.45) is 0.816. The van der Waals surface area contributed by atoms with Gasteiger partial charge in [0.05, 0.1) is 12.0 Å². The Labute approximate surface area is 89.2 Å². The third-order valence-corrected chi connectivity index (χ3v) is 2.70. The quantitative estimate of drug-likeness (QED) is 0.742. The first-order valence-electron chi connectivity index (χ1n) is 5.06. The van der Waals surface area contributed by atoms with Crippen LogP contribution >= 0.6 is 0 Å². The minimum atomic E-state index is -0.0560. The lowest BCUT2D eigenvalue weighted by atomic mass is 9.93.